The van der Waals surface area contributed by atoms with E-state index in [1.807, 2.05) is 6.07 Å². The fraction of sp³-hybridized carbons (Fsp3) is 0.533. The molecule has 2 unspecified atom stereocenters. The molecule has 2 rings (SSSR count). The predicted molar refractivity (Wildman–Crippen MR) is 86.9 cm³/mol. The van der Waals surface area contributed by atoms with Crippen LogP contribution in [0, 0.1) is 0 Å². The van der Waals surface area contributed by atoms with Gasteiger partial charge in [-0.2, -0.15) is 0 Å². The molecular formula is C15H21Cl2N3O. The van der Waals surface area contributed by atoms with Gasteiger partial charge in [0.05, 0.1) is 10.0 Å². The van der Waals surface area contributed by atoms with Crippen LogP contribution in [-0.4, -0.2) is 55.5 Å². The summed E-state index contributed by atoms with van der Waals surface area (Å²) in [6.45, 7) is 4.65. The van der Waals surface area contributed by atoms with Crippen LogP contribution in [0.4, 0.5) is 0 Å². The summed E-state index contributed by atoms with van der Waals surface area (Å²) >= 11 is 12.1. The van der Waals surface area contributed by atoms with E-state index in [4.69, 9.17) is 23.2 Å². The number of piperazine rings is 1. The molecule has 4 nitrogen and oxygen atoms in total. The highest BCUT2D eigenvalue weighted by Gasteiger charge is 2.31. The van der Waals surface area contributed by atoms with Crippen LogP contribution in [0.1, 0.15) is 18.5 Å². The number of amides is 1. The highest BCUT2D eigenvalue weighted by Crippen LogP contribution is 2.30. The molecule has 0 saturated carbocycles. The summed E-state index contributed by atoms with van der Waals surface area (Å²) < 4.78 is 0. The van der Waals surface area contributed by atoms with Crippen molar-refractivity contribution < 1.29 is 4.79 Å². The molecule has 0 spiro atoms. The number of halogens is 2. The first-order valence-corrected chi connectivity index (χ1v) is 7.79. The number of carbonyl (C=O) groups is 1. The van der Waals surface area contributed by atoms with Crippen LogP contribution < -0.4 is 5.32 Å². The van der Waals surface area contributed by atoms with Gasteiger partial charge in [0.2, 0.25) is 5.91 Å². The minimum absolute atomic E-state index is 0.0579. The van der Waals surface area contributed by atoms with Crippen molar-refractivity contribution in [2.24, 2.45) is 0 Å². The number of rotatable bonds is 3. The number of nitrogens with one attached hydrogen (secondary N) is 1. The second-order valence-electron chi connectivity index (χ2n) is 5.66. The van der Waals surface area contributed by atoms with Crippen molar-refractivity contribution in [2.75, 3.05) is 33.7 Å². The van der Waals surface area contributed by atoms with E-state index in [1.54, 1.807) is 31.1 Å². The molecule has 0 radical (unpaired) electrons. The number of hydrogen-bond acceptors (Lipinski definition) is 3. The molecule has 1 saturated heterocycles. The summed E-state index contributed by atoms with van der Waals surface area (Å²) in [6, 6.07) is 5.47. The van der Waals surface area contributed by atoms with Gasteiger partial charge in [0.15, 0.2) is 0 Å². The van der Waals surface area contributed by atoms with Crippen molar-refractivity contribution >= 4 is 29.1 Å². The lowest BCUT2D eigenvalue weighted by Gasteiger charge is -2.38. The van der Waals surface area contributed by atoms with E-state index in [1.165, 1.54) is 0 Å². The second-order valence-corrected chi connectivity index (χ2v) is 6.47. The third kappa shape index (κ3) is 3.89. The van der Waals surface area contributed by atoms with Gasteiger partial charge in [-0.3, -0.25) is 9.69 Å². The SMILES string of the molecule is CC1CN(C(C(=O)N(C)C)c2ccc(Cl)c(Cl)c2)CCN1. The predicted octanol–water partition coefficient (Wildman–Crippen LogP) is 2.42. The highest BCUT2D eigenvalue weighted by molar-refractivity contribution is 6.42. The van der Waals surface area contributed by atoms with E-state index in [-0.39, 0.29) is 11.9 Å². The maximum atomic E-state index is 12.6. The van der Waals surface area contributed by atoms with Gasteiger partial charge in [-0.05, 0) is 24.6 Å². The number of hydrogen-bond donors (Lipinski definition) is 1. The molecule has 6 heteroatoms. The Bertz CT molecular complexity index is 522. The Morgan fingerprint density at radius 3 is 2.67 bits per heavy atom. The molecule has 1 aromatic rings. The van der Waals surface area contributed by atoms with Crippen molar-refractivity contribution in [3.8, 4) is 0 Å². The van der Waals surface area contributed by atoms with Gasteiger partial charge in [0.1, 0.15) is 6.04 Å². The van der Waals surface area contributed by atoms with E-state index in [9.17, 15) is 4.79 Å². The molecule has 1 heterocycles. The molecular weight excluding hydrogens is 309 g/mol. The molecule has 1 aliphatic heterocycles. The molecule has 2 atom stereocenters. The Hall–Kier alpha value is -0.810. The topological polar surface area (TPSA) is 35.6 Å². The third-order valence-corrected chi connectivity index (χ3v) is 4.44. The fourth-order valence-electron chi connectivity index (χ4n) is 2.63. The van der Waals surface area contributed by atoms with Crippen LogP contribution in [0.5, 0.6) is 0 Å². The summed E-state index contributed by atoms with van der Waals surface area (Å²) in [7, 11) is 3.55. The maximum Gasteiger partial charge on any atom is 0.244 e. The van der Waals surface area contributed by atoms with E-state index in [2.05, 4.69) is 17.1 Å². The van der Waals surface area contributed by atoms with Gasteiger partial charge in [-0.25, -0.2) is 0 Å². The molecule has 1 fully saturated rings. The van der Waals surface area contributed by atoms with Crippen molar-refractivity contribution in [2.45, 2.75) is 19.0 Å². The summed E-state index contributed by atoms with van der Waals surface area (Å²) in [5, 5.41) is 4.38. The van der Waals surface area contributed by atoms with Gasteiger partial charge in [0, 0.05) is 39.8 Å². The zero-order chi connectivity index (χ0) is 15.6. The van der Waals surface area contributed by atoms with Crippen molar-refractivity contribution in [1.82, 2.24) is 15.1 Å². The smallest absolute Gasteiger partial charge is 0.244 e. The molecule has 116 valence electrons. The monoisotopic (exact) mass is 329 g/mol. The van der Waals surface area contributed by atoms with Crippen molar-refractivity contribution in [3.05, 3.63) is 33.8 Å². The van der Waals surface area contributed by atoms with Gasteiger partial charge in [0.25, 0.3) is 0 Å². The van der Waals surface area contributed by atoms with Gasteiger partial charge in [-0.1, -0.05) is 29.3 Å². The Kier molecular flexibility index (Phi) is 5.49. The lowest BCUT2D eigenvalue weighted by atomic mass is 10.0. The van der Waals surface area contributed by atoms with Gasteiger partial charge < -0.3 is 10.2 Å². The molecule has 1 aliphatic rings. The molecule has 1 N–H and O–H groups in total. The Morgan fingerprint density at radius 1 is 1.38 bits per heavy atom. The molecule has 1 amide bonds. The van der Waals surface area contributed by atoms with E-state index in [0.717, 1.165) is 25.2 Å². The molecule has 21 heavy (non-hydrogen) atoms. The number of benzene rings is 1. The summed E-state index contributed by atoms with van der Waals surface area (Å²) in [6.07, 6.45) is 0. The molecule has 0 bridgehead atoms. The third-order valence-electron chi connectivity index (χ3n) is 3.70. The minimum Gasteiger partial charge on any atom is -0.347 e. The zero-order valence-electron chi connectivity index (χ0n) is 12.6. The largest absolute Gasteiger partial charge is 0.347 e. The highest BCUT2D eigenvalue weighted by atomic mass is 35.5. The van der Waals surface area contributed by atoms with Crippen LogP contribution in [0.3, 0.4) is 0 Å². The molecule has 0 aliphatic carbocycles. The number of nitrogens with zero attached hydrogens (tertiary/aromatic N) is 2. The normalized spacial score (nSPS) is 21.1. The Balaban J connectivity index is 2.35. The number of likely N-dealkylation sites (N-methyl/N-ethyl adjacent to an activating group) is 1. The van der Waals surface area contributed by atoms with E-state index in [0.29, 0.717) is 16.1 Å². The Labute approximate surface area is 136 Å². The second kappa shape index (κ2) is 6.97. The molecule has 1 aromatic carbocycles. The van der Waals surface area contributed by atoms with Crippen LogP contribution in [0.2, 0.25) is 10.0 Å². The van der Waals surface area contributed by atoms with E-state index >= 15 is 0 Å². The minimum atomic E-state index is -0.320. The van der Waals surface area contributed by atoms with Gasteiger partial charge >= 0.3 is 0 Å². The van der Waals surface area contributed by atoms with Crippen LogP contribution in [0.15, 0.2) is 18.2 Å². The lowest BCUT2D eigenvalue weighted by Crippen LogP contribution is -2.53. The number of carbonyl (C=O) groups excluding carboxylic acids is 1. The summed E-state index contributed by atoms with van der Waals surface area (Å²) in [4.78, 5) is 16.5. The summed E-state index contributed by atoms with van der Waals surface area (Å²) in [5.74, 6) is 0.0579. The van der Waals surface area contributed by atoms with E-state index < -0.39 is 0 Å². The fourth-order valence-corrected chi connectivity index (χ4v) is 2.94. The quantitative estimate of drug-likeness (QED) is 0.925. The standard InChI is InChI=1S/C15H21Cl2N3O/c1-10-9-20(7-6-18-10)14(15(21)19(2)3)11-4-5-12(16)13(17)8-11/h4-5,8,10,14,18H,6-7,9H2,1-3H3. The van der Waals surface area contributed by atoms with Crippen LogP contribution in [-0.2, 0) is 4.79 Å². The van der Waals surface area contributed by atoms with Crippen LogP contribution >= 0.6 is 23.2 Å². The first kappa shape index (κ1) is 16.6. The first-order chi connectivity index (χ1) is 9.90. The zero-order valence-corrected chi connectivity index (χ0v) is 14.1. The lowest BCUT2D eigenvalue weighted by molar-refractivity contribution is -0.135. The Morgan fingerprint density at radius 2 is 2.10 bits per heavy atom. The average molecular weight is 330 g/mol. The average Bonchev–Trinajstić information content (AvgIpc) is 2.43. The van der Waals surface area contributed by atoms with Crippen molar-refractivity contribution in [1.29, 1.82) is 0 Å². The molecule has 0 aromatic heterocycles. The summed E-state index contributed by atoms with van der Waals surface area (Å²) in [5.41, 5.74) is 0.886. The van der Waals surface area contributed by atoms with Gasteiger partial charge in [-0.15, -0.1) is 0 Å². The maximum absolute atomic E-state index is 12.6. The first-order valence-electron chi connectivity index (χ1n) is 7.03. The van der Waals surface area contributed by atoms with Crippen LogP contribution in [0.25, 0.3) is 0 Å². The van der Waals surface area contributed by atoms with Crippen molar-refractivity contribution in [3.63, 3.8) is 0 Å².